The molecule has 0 spiro atoms. The van der Waals surface area contributed by atoms with E-state index in [0.29, 0.717) is 17.1 Å². The molecule has 2 aromatic carbocycles. The molecular formula is C23H26N2O5. The number of ether oxygens (including phenoxy) is 2. The Balaban J connectivity index is 1.60. The van der Waals surface area contributed by atoms with Gasteiger partial charge in [0.25, 0.3) is 5.91 Å². The number of para-hydroxylation sites is 1. The van der Waals surface area contributed by atoms with Gasteiger partial charge in [-0.2, -0.15) is 0 Å². The van der Waals surface area contributed by atoms with E-state index >= 15 is 0 Å². The first-order valence-corrected chi connectivity index (χ1v) is 9.78. The van der Waals surface area contributed by atoms with E-state index in [4.69, 9.17) is 9.47 Å². The number of methoxy groups -OCH3 is 1. The van der Waals surface area contributed by atoms with Crippen molar-refractivity contribution < 1.29 is 23.9 Å². The summed E-state index contributed by atoms with van der Waals surface area (Å²) >= 11 is 0. The van der Waals surface area contributed by atoms with Crippen molar-refractivity contribution in [2.45, 2.75) is 27.2 Å². The molecule has 7 heteroatoms. The zero-order valence-corrected chi connectivity index (χ0v) is 17.7. The maximum atomic E-state index is 12.5. The number of anilines is 2. The average Bonchev–Trinajstić information content (AvgIpc) is 3.10. The molecule has 30 heavy (non-hydrogen) atoms. The van der Waals surface area contributed by atoms with Crippen LogP contribution in [0.3, 0.4) is 0 Å². The lowest BCUT2D eigenvalue weighted by Crippen LogP contribution is -2.28. The number of rotatable bonds is 6. The van der Waals surface area contributed by atoms with Gasteiger partial charge in [0.1, 0.15) is 5.75 Å². The van der Waals surface area contributed by atoms with Gasteiger partial charge >= 0.3 is 5.97 Å². The summed E-state index contributed by atoms with van der Waals surface area (Å²) in [5.74, 6) is -1.22. The number of nitrogens with zero attached hydrogens (tertiary/aromatic N) is 1. The fourth-order valence-corrected chi connectivity index (χ4v) is 3.55. The van der Waals surface area contributed by atoms with Crippen LogP contribution in [0, 0.1) is 26.7 Å². The molecule has 1 aliphatic rings. The molecule has 1 fully saturated rings. The fourth-order valence-electron chi connectivity index (χ4n) is 3.55. The van der Waals surface area contributed by atoms with Crippen LogP contribution in [-0.4, -0.2) is 38.0 Å². The Hall–Kier alpha value is -3.35. The molecule has 1 aliphatic heterocycles. The Labute approximate surface area is 176 Å². The highest BCUT2D eigenvalue weighted by molar-refractivity contribution is 6.01. The molecule has 0 aliphatic carbocycles. The summed E-state index contributed by atoms with van der Waals surface area (Å²) in [6.45, 7) is 5.50. The molecular weight excluding hydrogens is 384 g/mol. The lowest BCUT2D eigenvalue weighted by molar-refractivity contribution is -0.151. The summed E-state index contributed by atoms with van der Waals surface area (Å²) in [4.78, 5) is 38.7. The summed E-state index contributed by atoms with van der Waals surface area (Å²) < 4.78 is 10.5. The lowest BCUT2D eigenvalue weighted by Gasteiger charge is -2.20. The lowest BCUT2D eigenvalue weighted by atomic mass is 10.1. The summed E-state index contributed by atoms with van der Waals surface area (Å²) in [5, 5.41) is 2.78. The molecule has 1 saturated heterocycles. The number of amides is 2. The van der Waals surface area contributed by atoms with Gasteiger partial charge in [-0.1, -0.05) is 24.3 Å². The molecule has 0 radical (unpaired) electrons. The van der Waals surface area contributed by atoms with E-state index in [9.17, 15) is 14.4 Å². The molecule has 7 nitrogen and oxygen atoms in total. The third kappa shape index (κ3) is 4.62. The number of esters is 1. The molecule has 1 atom stereocenters. The van der Waals surface area contributed by atoms with Crippen molar-refractivity contribution in [3.63, 3.8) is 0 Å². The second-order valence-corrected chi connectivity index (χ2v) is 7.50. The Bertz CT molecular complexity index is 965. The zero-order valence-electron chi connectivity index (χ0n) is 17.7. The molecule has 2 aromatic rings. The zero-order chi connectivity index (χ0) is 21.8. The SMILES string of the molecule is COc1ccc(C)cc1N1C[C@H](C(=O)OCC(=O)Nc2c(C)cccc2C)CC1=O. The van der Waals surface area contributed by atoms with Gasteiger partial charge in [0.05, 0.1) is 18.7 Å². The van der Waals surface area contributed by atoms with Crippen molar-refractivity contribution in [3.05, 3.63) is 53.1 Å². The van der Waals surface area contributed by atoms with Gasteiger partial charge in [0, 0.05) is 18.7 Å². The smallest absolute Gasteiger partial charge is 0.311 e. The molecule has 1 N–H and O–H groups in total. The van der Waals surface area contributed by atoms with Crippen molar-refractivity contribution in [2.75, 3.05) is 30.5 Å². The number of hydrogen-bond acceptors (Lipinski definition) is 5. The number of carbonyl (C=O) groups is 3. The van der Waals surface area contributed by atoms with E-state index in [1.54, 1.807) is 6.07 Å². The standard InChI is InChI=1S/C23H26N2O5/c1-14-8-9-19(29-4)18(10-14)25-12-17(11-21(25)27)23(28)30-13-20(26)24-22-15(2)6-5-7-16(22)3/h5-10,17H,11-13H2,1-4H3,(H,24,26)/t17-/m1/s1. The van der Waals surface area contributed by atoms with Gasteiger partial charge < -0.3 is 19.7 Å². The van der Waals surface area contributed by atoms with Crippen LogP contribution in [0.4, 0.5) is 11.4 Å². The van der Waals surface area contributed by atoms with Crippen molar-refractivity contribution in [1.29, 1.82) is 0 Å². The molecule has 0 aromatic heterocycles. The van der Waals surface area contributed by atoms with Crippen LogP contribution in [0.2, 0.25) is 0 Å². The minimum atomic E-state index is -0.629. The van der Waals surface area contributed by atoms with Gasteiger partial charge in [-0.3, -0.25) is 14.4 Å². The second-order valence-electron chi connectivity index (χ2n) is 7.50. The summed E-state index contributed by atoms with van der Waals surface area (Å²) in [6, 6.07) is 11.2. The molecule has 0 bridgehead atoms. The van der Waals surface area contributed by atoms with Gasteiger partial charge in [-0.05, 0) is 49.6 Å². The summed E-state index contributed by atoms with van der Waals surface area (Å²) in [5.41, 5.74) is 4.18. The normalized spacial score (nSPS) is 15.8. The largest absolute Gasteiger partial charge is 0.495 e. The second kappa shape index (κ2) is 8.98. The molecule has 0 unspecified atom stereocenters. The fraction of sp³-hybridized carbons (Fsp3) is 0.348. The average molecular weight is 410 g/mol. The van der Waals surface area contributed by atoms with Gasteiger partial charge in [-0.15, -0.1) is 0 Å². The third-order valence-electron chi connectivity index (χ3n) is 5.17. The van der Waals surface area contributed by atoms with Crippen LogP contribution in [-0.2, 0) is 19.1 Å². The number of carbonyl (C=O) groups excluding carboxylic acids is 3. The Morgan fingerprint density at radius 1 is 1.13 bits per heavy atom. The van der Waals surface area contributed by atoms with E-state index in [1.807, 2.05) is 51.1 Å². The van der Waals surface area contributed by atoms with E-state index < -0.39 is 24.4 Å². The van der Waals surface area contributed by atoms with Crippen molar-refractivity contribution in [3.8, 4) is 5.75 Å². The van der Waals surface area contributed by atoms with Gasteiger partial charge in [-0.25, -0.2) is 0 Å². The first kappa shape index (κ1) is 21.4. The molecule has 0 saturated carbocycles. The molecule has 2 amide bonds. The molecule has 158 valence electrons. The van der Waals surface area contributed by atoms with Gasteiger partial charge in [0.2, 0.25) is 5.91 Å². The Kier molecular flexibility index (Phi) is 6.40. The van der Waals surface area contributed by atoms with Crippen molar-refractivity contribution in [2.24, 2.45) is 5.92 Å². The maximum Gasteiger partial charge on any atom is 0.311 e. The van der Waals surface area contributed by atoms with Crippen molar-refractivity contribution >= 4 is 29.2 Å². The Morgan fingerprint density at radius 2 is 1.83 bits per heavy atom. The van der Waals surface area contributed by atoms with E-state index in [2.05, 4.69) is 5.32 Å². The maximum absolute atomic E-state index is 12.5. The molecule has 3 rings (SSSR count). The quantitative estimate of drug-likeness (QED) is 0.740. The molecule has 1 heterocycles. The van der Waals surface area contributed by atoms with Crippen LogP contribution in [0.25, 0.3) is 0 Å². The summed E-state index contributed by atoms with van der Waals surface area (Å²) in [7, 11) is 1.54. The van der Waals surface area contributed by atoms with E-state index in [1.165, 1.54) is 12.0 Å². The first-order chi connectivity index (χ1) is 14.3. The number of aryl methyl sites for hydroxylation is 3. The topological polar surface area (TPSA) is 84.9 Å². The minimum Gasteiger partial charge on any atom is -0.495 e. The van der Waals surface area contributed by atoms with Crippen LogP contribution in [0.5, 0.6) is 5.75 Å². The van der Waals surface area contributed by atoms with Crippen LogP contribution in [0.15, 0.2) is 36.4 Å². The highest BCUT2D eigenvalue weighted by Gasteiger charge is 2.37. The van der Waals surface area contributed by atoms with Crippen LogP contribution >= 0.6 is 0 Å². The van der Waals surface area contributed by atoms with Crippen molar-refractivity contribution in [1.82, 2.24) is 0 Å². The highest BCUT2D eigenvalue weighted by Crippen LogP contribution is 2.34. The number of hydrogen-bond donors (Lipinski definition) is 1. The first-order valence-electron chi connectivity index (χ1n) is 9.78. The van der Waals surface area contributed by atoms with Gasteiger partial charge in [0.15, 0.2) is 6.61 Å². The minimum absolute atomic E-state index is 0.0362. The summed E-state index contributed by atoms with van der Waals surface area (Å²) in [6.07, 6.45) is 0.0362. The monoisotopic (exact) mass is 410 g/mol. The Morgan fingerprint density at radius 3 is 2.50 bits per heavy atom. The van der Waals surface area contributed by atoms with E-state index in [-0.39, 0.29) is 18.9 Å². The predicted octanol–water partition coefficient (Wildman–Crippen LogP) is 3.16. The van der Waals surface area contributed by atoms with E-state index in [0.717, 1.165) is 16.7 Å². The number of nitrogens with one attached hydrogen (secondary N) is 1. The highest BCUT2D eigenvalue weighted by atomic mass is 16.5. The predicted molar refractivity (Wildman–Crippen MR) is 114 cm³/mol. The van der Waals surface area contributed by atoms with Crippen LogP contribution in [0.1, 0.15) is 23.1 Å². The third-order valence-corrected chi connectivity index (χ3v) is 5.17. The van der Waals surface area contributed by atoms with Crippen LogP contribution < -0.4 is 15.0 Å². The number of benzene rings is 2.